The minimum absolute atomic E-state index is 0.0738. The van der Waals surface area contributed by atoms with Crippen LogP contribution >= 0.6 is 0 Å². The largest absolute Gasteiger partial charge is 0.352 e. The van der Waals surface area contributed by atoms with Crippen molar-refractivity contribution < 1.29 is 4.79 Å². The number of carbonyl (C=O) groups is 1. The Morgan fingerprint density at radius 1 is 1.06 bits per heavy atom. The number of H-pyrrole nitrogens is 2. The number of carbonyl (C=O) groups excluding carboxylic acids is 1. The zero-order chi connectivity index (χ0) is 23.5. The molecule has 0 amide bonds. The van der Waals surface area contributed by atoms with Gasteiger partial charge in [-0.25, -0.2) is 9.97 Å². The Morgan fingerprint density at radius 3 is 2.82 bits per heavy atom. The van der Waals surface area contributed by atoms with Crippen molar-refractivity contribution in [1.82, 2.24) is 25.1 Å². The summed E-state index contributed by atoms with van der Waals surface area (Å²) in [4.78, 5) is 29.0. The lowest BCUT2D eigenvalue weighted by atomic mass is 10.1. The molecular weight excluding hydrogens is 426 g/mol. The number of nitrogens with zero attached hydrogens (tertiary/aromatic N) is 4. The van der Waals surface area contributed by atoms with E-state index in [9.17, 15) is 4.79 Å². The van der Waals surface area contributed by atoms with Gasteiger partial charge in [-0.05, 0) is 42.5 Å². The molecule has 8 heteroatoms. The number of nitrogens with one attached hydrogen (secondary N) is 3. The van der Waals surface area contributed by atoms with Gasteiger partial charge in [0.1, 0.15) is 5.82 Å². The van der Waals surface area contributed by atoms with Crippen molar-refractivity contribution in [3.8, 4) is 11.4 Å². The quantitative estimate of drug-likeness (QED) is 0.212. The average molecular weight is 448 g/mol. The fourth-order valence-electron chi connectivity index (χ4n) is 3.70. The van der Waals surface area contributed by atoms with Gasteiger partial charge in [0, 0.05) is 45.6 Å². The topological polar surface area (TPSA) is 112 Å². The van der Waals surface area contributed by atoms with E-state index in [0.717, 1.165) is 33.1 Å². The molecule has 0 unspecified atom stereocenters. The van der Waals surface area contributed by atoms with Crippen molar-refractivity contribution in [3.63, 3.8) is 0 Å². The summed E-state index contributed by atoms with van der Waals surface area (Å²) in [6.45, 7) is 7.26. The molecule has 3 aromatic heterocycles. The number of anilines is 2. The first kappa shape index (κ1) is 21.0. The maximum absolute atomic E-state index is 12.7. The number of hydrogen-bond donors (Lipinski definition) is 3. The number of aromatic nitrogens is 5. The molecule has 0 fully saturated rings. The maximum atomic E-state index is 12.7. The van der Waals surface area contributed by atoms with Crippen LogP contribution in [0, 0.1) is 0 Å². The number of aliphatic imine (C=N–C) groups is 1. The highest BCUT2D eigenvalue weighted by Crippen LogP contribution is 2.25. The number of aromatic amines is 2. The first-order valence-electron chi connectivity index (χ1n) is 10.6. The summed E-state index contributed by atoms with van der Waals surface area (Å²) in [7, 11) is 0. The van der Waals surface area contributed by atoms with Gasteiger partial charge in [-0.2, -0.15) is 5.10 Å². The normalized spacial score (nSPS) is 11.6. The molecule has 0 saturated heterocycles. The van der Waals surface area contributed by atoms with Crippen LogP contribution in [-0.2, 0) is 0 Å². The highest BCUT2D eigenvalue weighted by atomic mass is 16.1. The van der Waals surface area contributed by atoms with Gasteiger partial charge in [0.15, 0.2) is 11.6 Å². The van der Waals surface area contributed by atoms with Gasteiger partial charge in [0.25, 0.3) is 0 Å². The molecule has 0 aliphatic rings. The molecule has 0 aliphatic carbocycles. The third-order valence-electron chi connectivity index (χ3n) is 5.38. The summed E-state index contributed by atoms with van der Waals surface area (Å²) in [6.07, 6.45) is 6.61. The Hall–Kier alpha value is -4.85. The summed E-state index contributed by atoms with van der Waals surface area (Å²) in [5.41, 5.74) is 4.62. The molecule has 34 heavy (non-hydrogen) atoms. The fraction of sp³-hybridized carbons (Fsp3) is 0.0385. The Bertz CT molecular complexity index is 1570. The minimum Gasteiger partial charge on any atom is -0.352 e. The third kappa shape index (κ3) is 4.24. The molecule has 2 aromatic carbocycles. The Labute approximate surface area is 195 Å². The molecule has 5 aromatic rings. The van der Waals surface area contributed by atoms with E-state index in [-0.39, 0.29) is 12.2 Å². The Balaban J connectivity index is 1.39. The second-order valence-corrected chi connectivity index (χ2v) is 7.65. The molecule has 0 bridgehead atoms. The van der Waals surface area contributed by atoms with Crippen LogP contribution in [0.3, 0.4) is 0 Å². The molecule has 8 nitrogen and oxygen atoms in total. The summed E-state index contributed by atoms with van der Waals surface area (Å²) >= 11 is 0. The van der Waals surface area contributed by atoms with Crippen LogP contribution in [0.5, 0.6) is 0 Å². The van der Waals surface area contributed by atoms with Gasteiger partial charge >= 0.3 is 0 Å². The van der Waals surface area contributed by atoms with Gasteiger partial charge in [0.2, 0.25) is 0 Å². The molecule has 0 radical (unpaired) electrons. The summed E-state index contributed by atoms with van der Waals surface area (Å²) in [5, 5.41) is 12.2. The van der Waals surface area contributed by atoms with Crippen LogP contribution < -0.4 is 5.32 Å². The minimum atomic E-state index is -0.0738. The van der Waals surface area contributed by atoms with Crippen LogP contribution in [0.4, 0.5) is 11.5 Å². The summed E-state index contributed by atoms with van der Waals surface area (Å²) < 4.78 is 0. The van der Waals surface area contributed by atoms with Crippen molar-refractivity contribution in [2.24, 2.45) is 4.99 Å². The number of ketones is 1. The van der Waals surface area contributed by atoms with E-state index in [1.54, 1.807) is 18.5 Å². The number of hydrogen-bond acceptors (Lipinski definition) is 6. The van der Waals surface area contributed by atoms with E-state index in [0.29, 0.717) is 23.0 Å². The van der Waals surface area contributed by atoms with Crippen LogP contribution in [0.2, 0.25) is 0 Å². The molecule has 5 rings (SSSR count). The van der Waals surface area contributed by atoms with Gasteiger partial charge in [0.05, 0.1) is 23.8 Å². The van der Waals surface area contributed by atoms with Crippen LogP contribution in [0.25, 0.3) is 33.2 Å². The van der Waals surface area contributed by atoms with E-state index < -0.39 is 0 Å². The maximum Gasteiger partial charge on any atom is 0.184 e. The zero-order valence-electron chi connectivity index (χ0n) is 18.2. The van der Waals surface area contributed by atoms with Crippen molar-refractivity contribution >= 4 is 44.8 Å². The fourth-order valence-corrected chi connectivity index (χ4v) is 3.70. The van der Waals surface area contributed by atoms with Crippen molar-refractivity contribution in [2.75, 3.05) is 5.32 Å². The van der Waals surface area contributed by atoms with Crippen LogP contribution in [-0.4, -0.2) is 36.6 Å². The van der Waals surface area contributed by atoms with E-state index in [4.69, 9.17) is 0 Å². The van der Waals surface area contributed by atoms with E-state index >= 15 is 0 Å². The monoisotopic (exact) mass is 447 g/mol. The lowest BCUT2D eigenvalue weighted by Crippen LogP contribution is -2.06. The Kier molecular flexibility index (Phi) is 5.53. The SMILES string of the molecule is C=CN=C(C=C)CC(=O)c1cc2ccc(-c3nccc(Nc4ccc5[nH]ncc5c4)n3)cc2[nH]1. The van der Waals surface area contributed by atoms with Crippen molar-refractivity contribution in [3.05, 3.63) is 92.1 Å². The van der Waals surface area contributed by atoms with Crippen molar-refractivity contribution in [2.45, 2.75) is 6.42 Å². The van der Waals surface area contributed by atoms with E-state index in [1.165, 1.54) is 6.20 Å². The van der Waals surface area contributed by atoms with E-state index in [1.807, 2.05) is 48.5 Å². The van der Waals surface area contributed by atoms with Crippen LogP contribution in [0.1, 0.15) is 16.9 Å². The molecule has 0 atom stereocenters. The molecule has 3 N–H and O–H groups in total. The molecular formula is C26H21N7O. The lowest BCUT2D eigenvalue weighted by molar-refractivity contribution is 0.0997. The van der Waals surface area contributed by atoms with Gasteiger partial charge in [-0.15, -0.1) is 0 Å². The second kappa shape index (κ2) is 8.95. The predicted octanol–water partition coefficient (Wildman–Crippen LogP) is 5.59. The summed E-state index contributed by atoms with van der Waals surface area (Å²) in [5.74, 6) is 1.18. The van der Waals surface area contributed by atoms with E-state index in [2.05, 4.69) is 48.6 Å². The number of Topliss-reactive ketones (excluding diaryl/α,β-unsaturated/α-hetero) is 1. The summed E-state index contributed by atoms with van der Waals surface area (Å²) in [6, 6.07) is 15.4. The van der Waals surface area contributed by atoms with Gasteiger partial charge < -0.3 is 10.3 Å². The highest BCUT2D eigenvalue weighted by Gasteiger charge is 2.13. The Morgan fingerprint density at radius 2 is 1.97 bits per heavy atom. The average Bonchev–Trinajstić information content (AvgIpc) is 3.50. The predicted molar refractivity (Wildman–Crippen MR) is 135 cm³/mol. The lowest BCUT2D eigenvalue weighted by Gasteiger charge is -2.07. The number of rotatable bonds is 8. The molecule has 0 saturated carbocycles. The molecule has 3 heterocycles. The first-order chi connectivity index (χ1) is 16.6. The second-order valence-electron chi connectivity index (χ2n) is 7.65. The first-order valence-corrected chi connectivity index (χ1v) is 10.6. The smallest absolute Gasteiger partial charge is 0.184 e. The van der Waals surface area contributed by atoms with Gasteiger partial charge in [-0.1, -0.05) is 25.3 Å². The number of fused-ring (bicyclic) bond motifs is 2. The number of allylic oxidation sites excluding steroid dienone is 1. The molecule has 166 valence electrons. The highest BCUT2D eigenvalue weighted by molar-refractivity contribution is 6.14. The third-order valence-corrected chi connectivity index (χ3v) is 5.38. The number of benzene rings is 2. The van der Waals surface area contributed by atoms with Crippen LogP contribution in [0.15, 0.2) is 91.4 Å². The molecule has 0 spiro atoms. The zero-order valence-corrected chi connectivity index (χ0v) is 18.2. The van der Waals surface area contributed by atoms with Crippen molar-refractivity contribution in [1.29, 1.82) is 0 Å². The van der Waals surface area contributed by atoms with Gasteiger partial charge in [-0.3, -0.25) is 14.9 Å². The standard InChI is InChI=1S/C26H21N7O/c1-3-19(27-4-2)14-24(34)23-12-16-5-6-17(13-22(16)31-23)26-28-10-9-25(32-26)30-20-7-8-21-18(11-20)15-29-33-21/h3-13,15,31H,1-2,14H2,(H,29,33)(H,28,30,32). The molecule has 0 aliphatic heterocycles.